The van der Waals surface area contributed by atoms with E-state index in [4.69, 9.17) is 4.74 Å². The molecule has 21 heavy (non-hydrogen) atoms. The molecule has 2 rings (SSSR count). The quantitative estimate of drug-likeness (QED) is 0.615. The first kappa shape index (κ1) is 15.7. The van der Waals surface area contributed by atoms with Crippen LogP contribution in [-0.4, -0.2) is 22.1 Å². The summed E-state index contributed by atoms with van der Waals surface area (Å²) in [5, 5.41) is 0.402. The Morgan fingerprint density at radius 3 is 2.62 bits per heavy atom. The van der Waals surface area contributed by atoms with E-state index in [2.05, 4.69) is 20.9 Å². The van der Waals surface area contributed by atoms with Crippen LogP contribution in [0.3, 0.4) is 0 Å². The third-order valence-electron chi connectivity index (χ3n) is 3.03. The van der Waals surface area contributed by atoms with Gasteiger partial charge in [-0.15, -0.1) is 0 Å². The molecule has 2 aromatic heterocycles. The monoisotopic (exact) mass is 352 g/mol. The van der Waals surface area contributed by atoms with Crippen LogP contribution in [0.4, 0.5) is 0 Å². The number of hydrogen-bond donors (Lipinski definition) is 0. The van der Waals surface area contributed by atoms with Crippen molar-refractivity contribution in [1.82, 2.24) is 9.55 Å². The lowest BCUT2D eigenvalue weighted by atomic mass is 10.1. The maximum atomic E-state index is 12.5. The summed E-state index contributed by atoms with van der Waals surface area (Å²) < 4.78 is 7.42. The standard InChI is InChI=1S/C15H17BrN2O3/c1-5-21-14(20)10-8-18(15(2,3)4)13-9(12(10)19)6-7-11(16)17-13/h6-8H,5H2,1-4H3. The van der Waals surface area contributed by atoms with Crippen molar-refractivity contribution in [3.63, 3.8) is 0 Å². The predicted molar refractivity (Wildman–Crippen MR) is 84.7 cm³/mol. The van der Waals surface area contributed by atoms with Gasteiger partial charge >= 0.3 is 5.97 Å². The molecule has 0 bridgehead atoms. The lowest BCUT2D eigenvalue weighted by Crippen LogP contribution is -2.28. The molecule has 6 heteroatoms. The summed E-state index contributed by atoms with van der Waals surface area (Å²) in [4.78, 5) is 28.8. The highest BCUT2D eigenvalue weighted by molar-refractivity contribution is 9.10. The Hall–Kier alpha value is -1.69. The van der Waals surface area contributed by atoms with Crippen LogP contribution in [0.25, 0.3) is 11.0 Å². The second-order valence-electron chi connectivity index (χ2n) is 5.64. The molecular formula is C15H17BrN2O3. The second-order valence-corrected chi connectivity index (χ2v) is 6.45. The summed E-state index contributed by atoms with van der Waals surface area (Å²) in [5.74, 6) is -0.606. The van der Waals surface area contributed by atoms with Gasteiger partial charge < -0.3 is 9.30 Å². The molecule has 0 aliphatic carbocycles. The van der Waals surface area contributed by atoms with Gasteiger partial charge in [-0.2, -0.15) is 0 Å². The third kappa shape index (κ3) is 3.00. The third-order valence-corrected chi connectivity index (χ3v) is 3.48. The SMILES string of the molecule is CCOC(=O)c1cn(C(C)(C)C)c2nc(Br)ccc2c1=O. The molecule has 2 heterocycles. The van der Waals surface area contributed by atoms with E-state index in [9.17, 15) is 9.59 Å². The Morgan fingerprint density at radius 2 is 2.05 bits per heavy atom. The summed E-state index contributed by atoms with van der Waals surface area (Å²) in [6.45, 7) is 7.88. The van der Waals surface area contributed by atoms with Gasteiger partial charge in [0, 0.05) is 11.7 Å². The summed E-state index contributed by atoms with van der Waals surface area (Å²) in [6.07, 6.45) is 1.53. The van der Waals surface area contributed by atoms with Crippen LogP contribution in [0.1, 0.15) is 38.1 Å². The van der Waals surface area contributed by atoms with E-state index >= 15 is 0 Å². The number of nitrogens with zero attached hydrogens (tertiary/aromatic N) is 2. The summed E-state index contributed by atoms with van der Waals surface area (Å²) in [6, 6.07) is 3.35. The number of rotatable bonds is 2. The second kappa shape index (κ2) is 5.60. The van der Waals surface area contributed by atoms with Crippen LogP contribution in [0.15, 0.2) is 27.7 Å². The van der Waals surface area contributed by atoms with E-state index in [0.29, 0.717) is 15.6 Å². The normalized spacial score (nSPS) is 11.7. The van der Waals surface area contributed by atoms with Crippen LogP contribution in [0.2, 0.25) is 0 Å². The molecule has 0 aliphatic heterocycles. The van der Waals surface area contributed by atoms with Crippen molar-refractivity contribution in [3.8, 4) is 0 Å². The molecule has 0 fully saturated rings. The Balaban J connectivity index is 2.86. The molecule has 0 spiro atoms. The number of carbonyl (C=O) groups excluding carboxylic acids is 1. The first-order valence-corrected chi connectivity index (χ1v) is 7.44. The number of halogens is 1. The molecule has 112 valence electrons. The Labute approximate surface area is 131 Å². The van der Waals surface area contributed by atoms with E-state index in [1.807, 2.05) is 25.3 Å². The van der Waals surface area contributed by atoms with Crippen molar-refractivity contribution in [2.24, 2.45) is 0 Å². The zero-order valence-electron chi connectivity index (χ0n) is 12.4. The molecule has 5 nitrogen and oxygen atoms in total. The number of carbonyl (C=O) groups is 1. The van der Waals surface area contributed by atoms with Gasteiger partial charge in [0.15, 0.2) is 0 Å². The first-order valence-electron chi connectivity index (χ1n) is 6.65. The zero-order chi connectivity index (χ0) is 15.8. The fraction of sp³-hybridized carbons (Fsp3) is 0.400. The van der Waals surface area contributed by atoms with E-state index < -0.39 is 5.97 Å². The smallest absolute Gasteiger partial charge is 0.343 e. The van der Waals surface area contributed by atoms with Gasteiger partial charge in [-0.3, -0.25) is 4.79 Å². The summed E-state index contributed by atoms with van der Waals surface area (Å²) in [5.41, 5.74) is -0.122. The predicted octanol–water partition coefficient (Wildman–Crippen LogP) is 3.09. The molecule has 0 N–H and O–H groups in total. The average Bonchev–Trinajstić information content (AvgIpc) is 2.37. The Morgan fingerprint density at radius 1 is 1.38 bits per heavy atom. The molecule has 0 aliphatic rings. The number of aromatic nitrogens is 2. The molecule has 0 radical (unpaired) electrons. The maximum absolute atomic E-state index is 12.5. The minimum atomic E-state index is -0.606. The zero-order valence-corrected chi connectivity index (χ0v) is 14.0. The van der Waals surface area contributed by atoms with Crippen molar-refractivity contribution in [1.29, 1.82) is 0 Å². The molecule has 0 unspecified atom stereocenters. The summed E-state index contributed by atoms with van der Waals surface area (Å²) >= 11 is 3.31. The van der Waals surface area contributed by atoms with Crippen LogP contribution in [-0.2, 0) is 10.3 Å². The Kier molecular flexibility index (Phi) is 4.18. The van der Waals surface area contributed by atoms with E-state index in [0.717, 1.165) is 0 Å². The highest BCUT2D eigenvalue weighted by Crippen LogP contribution is 2.22. The van der Waals surface area contributed by atoms with Crippen molar-refractivity contribution in [3.05, 3.63) is 38.7 Å². The fourth-order valence-electron chi connectivity index (χ4n) is 2.05. The molecule has 0 atom stereocenters. The highest BCUT2D eigenvalue weighted by atomic mass is 79.9. The largest absolute Gasteiger partial charge is 0.462 e. The van der Waals surface area contributed by atoms with Crippen molar-refractivity contribution in [2.45, 2.75) is 33.2 Å². The number of esters is 1. The average molecular weight is 353 g/mol. The molecule has 0 aromatic carbocycles. The van der Waals surface area contributed by atoms with Gasteiger partial charge in [0.05, 0.1) is 12.0 Å². The van der Waals surface area contributed by atoms with Gasteiger partial charge in [-0.05, 0) is 55.8 Å². The van der Waals surface area contributed by atoms with Crippen LogP contribution < -0.4 is 5.43 Å². The van der Waals surface area contributed by atoms with E-state index in [1.165, 1.54) is 6.20 Å². The van der Waals surface area contributed by atoms with Gasteiger partial charge in [-0.25, -0.2) is 9.78 Å². The summed E-state index contributed by atoms with van der Waals surface area (Å²) in [7, 11) is 0. The topological polar surface area (TPSA) is 61.2 Å². The number of pyridine rings is 2. The van der Waals surface area contributed by atoms with Crippen molar-refractivity contribution in [2.75, 3.05) is 6.61 Å². The molecule has 0 amide bonds. The lowest BCUT2D eigenvalue weighted by molar-refractivity contribution is 0.0524. The lowest BCUT2D eigenvalue weighted by Gasteiger charge is -2.25. The van der Waals surface area contributed by atoms with Gasteiger partial charge in [0.1, 0.15) is 15.8 Å². The number of hydrogen-bond acceptors (Lipinski definition) is 4. The Bertz CT molecular complexity index is 760. The molecule has 0 saturated heterocycles. The first-order chi connectivity index (χ1) is 9.75. The minimum absolute atomic E-state index is 0.0309. The highest BCUT2D eigenvalue weighted by Gasteiger charge is 2.22. The molecule has 0 saturated carbocycles. The van der Waals surface area contributed by atoms with Crippen LogP contribution >= 0.6 is 15.9 Å². The van der Waals surface area contributed by atoms with Crippen LogP contribution in [0.5, 0.6) is 0 Å². The number of fused-ring (bicyclic) bond motifs is 1. The molecular weight excluding hydrogens is 336 g/mol. The fourth-order valence-corrected chi connectivity index (χ4v) is 2.35. The minimum Gasteiger partial charge on any atom is -0.462 e. The van der Waals surface area contributed by atoms with Gasteiger partial charge in [-0.1, -0.05) is 0 Å². The number of ether oxygens (including phenoxy) is 1. The van der Waals surface area contributed by atoms with Gasteiger partial charge in [0.25, 0.3) is 0 Å². The van der Waals surface area contributed by atoms with Crippen molar-refractivity contribution < 1.29 is 9.53 Å². The maximum Gasteiger partial charge on any atom is 0.343 e. The molecule has 2 aromatic rings. The van der Waals surface area contributed by atoms with E-state index in [-0.39, 0.29) is 23.1 Å². The van der Waals surface area contributed by atoms with E-state index in [1.54, 1.807) is 19.1 Å². The van der Waals surface area contributed by atoms with Crippen molar-refractivity contribution >= 4 is 32.9 Å². The van der Waals surface area contributed by atoms with Crippen LogP contribution in [0, 0.1) is 0 Å². The van der Waals surface area contributed by atoms with Gasteiger partial charge in [0.2, 0.25) is 5.43 Å².